The first-order valence-electron chi connectivity index (χ1n) is 9.79. The van der Waals surface area contributed by atoms with Gasteiger partial charge in [-0.1, -0.05) is 53.7 Å². The van der Waals surface area contributed by atoms with E-state index in [0.29, 0.717) is 11.7 Å². The number of rotatable bonds is 7. The molecule has 29 heavy (non-hydrogen) atoms. The summed E-state index contributed by atoms with van der Waals surface area (Å²) >= 11 is 1.39. The van der Waals surface area contributed by atoms with Crippen molar-refractivity contribution in [3.63, 3.8) is 0 Å². The third kappa shape index (κ3) is 4.86. The maximum absolute atomic E-state index is 12.3. The van der Waals surface area contributed by atoms with Crippen molar-refractivity contribution in [1.82, 2.24) is 20.1 Å². The van der Waals surface area contributed by atoms with Crippen molar-refractivity contribution in [2.24, 2.45) is 0 Å². The zero-order chi connectivity index (χ0) is 20.1. The third-order valence-corrected chi connectivity index (χ3v) is 5.74. The van der Waals surface area contributed by atoms with Gasteiger partial charge < -0.3 is 10.1 Å². The SMILES string of the molecule is Cc1cccc(-c2nnc(SCC(=O)NC[C@H]3CCCO3)n2-c2ccccc2)c1. The Balaban J connectivity index is 1.53. The van der Waals surface area contributed by atoms with Gasteiger partial charge in [-0.25, -0.2) is 0 Å². The molecule has 0 spiro atoms. The number of para-hydroxylation sites is 1. The zero-order valence-electron chi connectivity index (χ0n) is 16.4. The topological polar surface area (TPSA) is 69.0 Å². The van der Waals surface area contributed by atoms with Gasteiger partial charge in [-0.3, -0.25) is 9.36 Å². The molecule has 4 rings (SSSR count). The van der Waals surface area contributed by atoms with Gasteiger partial charge in [-0.05, 0) is 38.0 Å². The maximum atomic E-state index is 12.3. The summed E-state index contributed by atoms with van der Waals surface area (Å²) in [5, 5.41) is 12.5. The van der Waals surface area contributed by atoms with E-state index in [1.54, 1.807) is 0 Å². The zero-order valence-corrected chi connectivity index (χ0v) is 17.2. The number of benzene rings is 2. The van der Waals surface area contributed by atoms with Crippen LogP contribution < -0.4 is 5.32 Å². The molecule has 6 nitrogen and oxygen atoms in total. The van der Waals surface area contributed by atoms with Gasteiger partial charge in [0.25, 0.3) is 0 Å². The minimum absolute atomic E-state index is 0.0229. The number of hydrogen-bond donors (Lipinski definition) is 1. The molecule has 0 unspecified atom stereocenters. The van der Waals surface area contributed by atoms with Gasteiger partial charge in [0, 0.05) is 24.4 Å². The van der Waals surface area contributed by atoms with Crippen molar-refractivity contribution < 1.29 is 9.53 Å². The molecule has 3 aromatic rings. The smallest absolute Gasteiger partial charge is 0.230 e. The molecule has 1 fully saturated rings. The summed E-state index contributed by atoms with van der Waals surface area (Å²) in [4.78, 5) is 12.3. The molecule has 0 aliphatic carbocycles. The number of aromatic nitrogens is 3. The molecule has 1 amide bonds. The summed E-state index contributed by atoms with van der Waals surface area (Å²) in [6.07, 6.45) is 2.22. The summed E-state index contributed by atoms with van der Waals surface area (Å²) in [5.74, 6) is 1.03. The summed E-state index contributed by atoms with van der Waals surface area (Å²) in [7, 11) is 0. The molecule has 7 heteroatoms. The number of carbonyl (C=O) groups excluding carboxylic acids is 1. The summed E-state index contributed by atoms with van der Waals surface area (Å²) in [6.45, 7) is 3.41. The lowest BCUT2D eigenvalue weighted by molar-refractivity contribution is -0.119. The highest BCUT2D eigenvalue weighted by atomic mass is 32.2. The number of hydrogen-bond acceptors (Lipinski definition) is 5. The van der Waals surface area contributed by atoms with Crippen molar-refractivity contribution in [3.05, 3.63) is 60.2 Å². The van der Waals surface area contributed by atoms with E-state index < -0.39 is 0 Å². The third-order valence-electron chi connectivity index (χ3n) is 4.81. The van der Waals surface area contributed by atoms with Gasteiger partial charge in [-0.2, -0.15) is 0 Å². The molecule has 1 N–H and O–H groups in total. The van der Waals surface area contributed by atoms with Gasteiger partial charge in [0.2, 0.25) is 5.91 Å². The molecular formula is C22H24N4O2S. The van der Waals surface area contributed by atoms with Crippen LogP contribution in [0.1, 0.15) is 18.4 Å². The van der Waals surface area contributed by atoms with E-state index in [1.165, 1.54) is 11.8 Å². The van der Waals surface area contributed by atoms with Crippen LogP contribution in [-0.2, 0) is 9.53 Å². The van der Waals surface area contributed by atoms with Gasteiger partial charge in [0.1, 0.15) is 0 Å². The molecule has 2 heterocycles. The molecular weight excluding hydrogens is 384 g/mol. The van der Waals surface area contributed by atoms with Crippen molar-refractivity contribution in [3.8, 4) is 17.1 Å². The second-order valence-electron chi connectivity index (χ2n) is 7.07. The number of nitrogens with one attached hydrogen (secondary N) is 1. The Labute approximate surface area is 174 Å². The van der Waals surface area contributed by atoms with Crippen LogP contribution in [0, 0.1) is 6.92 Å². The fourth-order valence-corrected chi connectivity index (χ4v) is 4.14. The van der Waals surface area contributed by atoms with Crippen LogP contribution in [0.2, 0.25) is 0 Å². The van der Waals surface area contributed by atoms with Crippen molar-refractivity contribution >= 4 is 17.7 Å². The van der Waals surface area contributed by atoms with E-state index in [1.807, 2.05) is 47.0 Å². The number of amides is 1. The lowest BCUT2D eigenvalue weighted by Gasteiger charge is -2.12. The van der Waals surface area contributed by atoms with Crippen LogP contribution in [-0.4, -0.2) is 45.7 Å². The van der Waals surface area contributed by atoms with Gasteiger partial charge in [0.05, 0.1) is 11.9 Å². The maximum Gasteiger partial charge on any atom is 0.230 e. The molecule has 0 radical (unpaired) electrons. The minimum atomic E-state index is -0.0229. The van der Waals surface area contributed by atoms with E-state index in [4.69, 9.17) is 4.74 Å². The quantitative estimate of drug-likeness (QED) is 0.605. The molecule has 150 valence electrons. The number of nitrogens with zero attached hydrogens (tertiary/aromatic N) is 3. The highest BCUT2D eigenvalue weighted by Gasteiger charge is 2.19. The van der Waals surface area contributed by atoms with Gasteiger partial charge in [-0.15, -0.1) is 10.2 Å². The van der Waals surface area contributed by atoms with Crippen LogP contribution in [0.4, 0.5) is 0 Å². The Bertz CT molecular complexity index is 968. The van der Waals surface area contributed by atoms with Crippen molar-refractivity contribution in [2.75, 3.05) is 18.9 Å². The van der Waals surface area contributed by atoms with E-state index in [9.17, 15) is 4.79 Å². The molecule has 0 bridgehead atoms. The van der Waals surface area contributed by atoms with E-state index in [0.717, 1.165) is 42.1 Å². The molecule has 1 atom stereocenters. The fourth-order valence-electron chi connectivity index (χ4n) is 3.36. The van der Waals surface area contributed by atoms with E-state index >= 15 is 0 Å². The first-order chi connectivity index (χ1) is 14.2. The van der Waals surface area contributed by atoms with Crippen molar-refractivity contribution in [2.45, 2.75) is 31.0 Å². The average molecular weight is 409 g/mol. The van der Waals surface area contributed by atoms with Crippen LogP contribution in [0.15, 0.2) is 59.8 Å². The Morgan fingerprint density at radius 2 is 2.07 bits per heavy atom. The number of aryl methyl sites for hydroxylation is 1. The lowest BCUT2D eigenvalue weighted by atomic mass is 10.1. The Morgan fingerprint density at radius 1 is 1.21 bits per heavy atom. The van der Waals surface area contributed by atoms with Crippen LogP contribution in [0.25, 0.3) is 17.1 Å². The second kappa shape index (κ2) is 9.24. The first-order valence-corrected chi connectivity index (χ1v) is 10.8. The minimum Gasteiger partial charge on any atom is -0.376 e. The summed E-state index contributed by atoms with van der Waals surface area (Å²) < 4.78 is 7.56. The lowest BCUT2D eigenvalue weighted by Crippen LogP contribution is -2.32. The molecule has 1 saturated heterocycles. The highest BCUT2D eigenvalue weighted by molar-refractivity contribution is 7.99. The van der Waals surface area contributed by atoms with Gasteiger partial charge in [0.15, 0.2) is 11.0 Å². The standard InChI is InChI=1S/C22H24N4O2S/c1-16-7-5-8-17(13-16)21-24-25-22(26(21)18-9-3-2-4-10-18)29-15-20(27)23-14-19-11-6-12-28-19/h2-5,7-10,13,19H,6,11-12,14-15H2,1H3,(H,23,27)/t19-/m1/s1. The molecule has 2 aromatic carbocycles. The average Bonchev–Trinajstić information content (AvgIpc) is 3.41. The summed E-state index contributed by atoms with van der Waals surface area (Å²) in [5.41, 5.74) is 3.13. The Morgan fingerprint density at radius 3 is 2.83 bits per heavy atom. The second-order valence-corrected chi connectivity index (χ2v) is 8.02. The van der Waals surface area contributed by atoms with E-state index in [-0.39, 0.29) is 17.8 Å². The molecule has 1 aliphatic rings. The molecule has 1 aromatic heterocycles. The normalized spacial score (nSPS) is 16.1. The number of ether oxygens (including phenoxy) is 1. The number of carbonyl (C=O) groups is 1. The van der Waals surface area contributed by atoms with E-state index in [2.05, 4.69) is 34.6 Å². The highest BCUT2D eigenvalue weighted by Crippen LogP contribution is 2.28. The largest absolute Gasteiger partial charge is 0.376 e. The predicted molar refractivity (Wildman–Crippen MR) is 114 cm³/mol. The molecule has 0 saturated carbocycles. The van der Waals surface area contributed by atoms with Crippen LogP contribution in [0.5, 0.6) is 0 Å². The number of thioether (sulfide) groups is 1. The monoisotopic (exact) mass is 408 g/mol. The van der Waals surface area contributed by atoms with Crippen LogP contribution >= 0.6 is 11.8 Å². The fraction of sp³-hybridized carbons (Fsp3) is 0.318. The summed E-state index contributed by atoms with van der Waals surface area (Å²) in [6, 6.07) is 18.2. The Kier molecular flexibility index (Phi) is 6.27. The molecule has 1 aliphatic heterocycles. The predicted octanol–water partition coefficient (Wildman–Crippen LogP) is 3.63. The van der Waals surface area contributed by atoms with Crippen LogP contribution in [0.3, 0.4) is 0 Å². The van der Waals surface area contributed by atoms with Gasteiger partial charge >= 0.3 is 0 Å². The first kappa shape index (κ1) is 19.7. The van der Waals surface area contributed by atoms with Crippen molar-refractivity contribution in [1.29, 1.82) is 0 Å². The Hall–Kier alpha value is -2.64.